The number of carbonyl (C=O) groups excluding carboxylic acids is 4. The molecule has 4 amide bonds. The number of hydrogen-bond donors (Lipinski definition) is 6. The second kappa shape index (κ2) is 24.1. The molecule has 0 radical (unpaired) electrons. The quantitative estimate of drug-likeness (QED) is 0.0262. The molecule has 1 saturated heterocycles. The van der Waals surface area contributed by atoms with E-state index in [0.29, 0.717) is 23.0 Å². The second-order valence-corrected chi connectivity index (χ2v) is 19.0. The molecule has 1 aliphatic heterocycles. The molecule has 346 valence electrons. The summed E-state index contributed by atoms with van der Waals surface area (Å²) in [7, 11) is 0. The number of likely N-dealkylation sites (tertiary alicyclic amines) is 1. The Kier molecular flexibility index (Phi) is 18.9. The van der Waals surface area contributed by atoms with E-state index in [9.17, 15) is 37.5 Å². The maximum absolute atomic E-state index is 14.7. The van der Waals surface area contributed by atoms with Gasteiger partial charge in [-0.3, -0.25) is 24.0 Å². The number of carbonyl (C=O) groups is 4. The number of hydrogen-bond acceptors (Lipinski definition) is 10. The fourth-order valence-corrected chi connectivity index (χ4v) is 8.50. The smallest absolute Gasteiger partial charge is 0.277 e. The summed E-state index contributed by atoms with van der Waals surface area (Å²) >= 11 is 3.49. The third-order valence-electron chi connectivity index (χ3n) is 10.8. The number of unbranched alkanes of at least 4 members (excludes halogenated alkanes) is 4. The number of benzene rings is 3. The first-order valence-electron chi connectivity index (χ1n) is 21.4. The minimum atomic E-state index is -1.32. The van der Waals surface area contributed by atoms with Gasteiger partial charge in [0, 0.05) is 29.5 Å². The van der Waals surface area contributed by atoms with Crippen LogP contribution in [0.15, 0.2) is 60.1 Å². The monoisotopic (exact) mass is 1020 g/mol. The van der Waals surface area contributed by atoms with E-state index < -0.39 is 58.6 Å². The number of thiazole rings is 1. The minimum absolute atomic E-state index is 0.00441. The number of hydroxylamine groups is 1. The fourth-order valence-electron chi connectivity index (χ4n) is 7.23. The Labute approximate surface area is 389 Å². The molecule has 1 fully saturated rings. The summed E-state index contributed by atoms with van der Waals surface area (Å²) < 4.78 is 43.7. The Morgan fingerprint density at radius 3 is 2.38 bits per heavy atom. The van der Waals surface area contributed by atoms with Gasteiger partial charge in [-0.15, -0.1) is 11.3 Å². The third kappa shape index (κ3) is 14.4. The van der Waals surface area contributed by atoms with Crippen LogP contribution in [0.25, 0.3) is 10.4 Å². The molecule has 2 heterocycles. The van der Waals surface area contributed by atoms with Crippen LogP contribution in [0.4, 0.5) is 24.5 Å². The predicted molar refractivity (Wildman–Crippen MR) is 249 cm³/mol. The summed E-state index contributed by atoms with van der Waals surface area (Å²) in [6.07, 6.45) is 4.31. The number of halogens is 4. The first-order chi connectivity index (χ1) is 30.5. The Morgan fingerprint density at radius 2 is 1.67 bits per heavy atom. The summed E-state index contributed by atoms with van der Waals surface area (Å²) in [6, 6.07) is 12.2. The van der Waals surface area contributed by atoms with Crippen LogP contribution < -0.4 is 26.7 Å². The third-order valence-corrected chi connectivity index (χ3v) is 12.4. The molecule has 3 aromatic carbocycles. The molecule has 6 N–H and O–H groups in total. The van der Waals surface area contributed by atoms with E-state index in [0.717, 1.165) is 66.1 Å². The SMILES string of the molecule is Cc1ncsc1-c1ccc(CNC(=O)[C@@H]2C[C@@H](O)CN2C(=O)[C@@H](NC(=O)CCCCCCCNCCCONC(=O)c2ccc(F)c(F)c2Nc2ccc(I)cc2F)C(C)(C)C)cc1. The van der Waals surface area contributed by atoms with Crippen molar-refractivity contribution in [1.82, 2.24) is 31.3 Å². The van der Waals surface area contributed by atoms with Crippen molar-refractivity contribution in [3.8, 4) is 10.4 Å². The molecular weight excluding hydrogens is 963 g/mol. The molecule has 1 aliphatic rings. The van der Waals surface area contributed by atoms with Gasteiger partial charge in [0.2, 0.25) is 17.7 Å². The highest BCUT2D eigenvalue weighted by molar-refractivity contribution is 14.1. The zero-order valence-corrected chi connectivity index (χ0v) is 39.5. The number of β-amino-alcohol motifs (C(OH)–C–C–N with tert-alkyl or cyclic N) is 1. The number of anilines is 2. The van der Waals surface area contributed by atoms with Crippen LogP contribution in [-0.4, -0.2) is 83.0 Å². The van der Waals surface area contributed by atoms with Gasteiger partial charge in [-0.05, 0) is 109 Å². The Balaban J connectivity index is 0.945. The van der Waals surface area contributed by atoms with Crippen molar-refractivity contribution in [2.75, 3.05) is 31.6 Å². The minimum Gasteiger partial charge on any atom is -0.391 e. The molecule has 1 aromatic heterocycles. The van der Waals surface area contributed by atoms with Crippen molar-refractivity contribution in [3.63, 3.8) is 0 Å². The molecule has 3 atom stereocenters. The first kappa shape index (κ1) is 50.4. The average molecular weight is 1020 g/mol. The van der Waals surface area contributed by atoms with Crippen molar-refractivity contribution in [3.05, 3.63) is 98.0 Å². The van der Waals surface area contributed by atoms with Crippen molar-refractivity contribution in [2.24, 2.45) is 5.41 Å². The lowest BCUT2D eigenvalue weighted by molar-refractivity contribution is -0.144. The van der Waals surface area contributed by atoms with Crippen LogP contribution >= 0.6 is 33.9 Å². The van der Waals surface area contributed by atoms with E-state index >= 15 is 0 Å². The molecule has 5 rings (SSSR count). The second-order valence-electron chi connectivity index (χ2n) is 16.9. The molecule has 0 bridgehead atoms. The van der Waals surface area contributed by atoms with Crippen molar-refractivity contribution in [1.29, 1.82) is 0 Å². The Hall–Kier alpha value is -4.63. The van der Waals surface area contributed by atoms with E-state index in [-0.39, 0.29) is 55.6 Å². The van der Waals surface area contributed by atoms with Crippen LogP contribution in [0.3, 0.4) is 0 Å². The van der Waals surface area contributed by atoms with E-state index in [1.54, 1.807) is 17.4 Å². The molecule has 0 aliphatic carbocycles. The van der Waals surface area contributed by atoms with E-state index in [1.165, 1.54) is 17.0 Å². The van der Waals surface area contributed by atoms with E-state index in [4.69, 9.17) is 4.84 Å². The van der Waals surface area contributed by atoms with E-state index in [1.807, 2.05) is 80.1 Å². The maximum atomic E-state index is 14.7. The highest BCUT2D eigenvalue weighted by Gasteiger charge is 2.44. The largest absolute Gasteiger partial charge is 0.391 e. The van der Waals surface area contributed by atoms with Crippen LogP contribution in [0, 0.1) is 33.4 Å². The van der Waals surface area contributed by atoms with Crippen LogP contribution in [0.5, 0.6) is 0 Å². The van der Waals surface area contributed by atoms with Gasteiger partial charge in [-0.25, -0.2) is 23.6 Å². The summed E-state index contributed by atoms with van der Waals surface area (Å²) in [4.78, 5) is 65.2. The lowest BCUT2D eigenvalue weighted by Gasteiger charge is -2.35. The number of rotatable bonds is 22. The van der Waals surface area contributed by atoms with E-state index in [2.05, 4.69) is 31.7 Å². The zero-order valence-electron chi connectivity index (χ0n) is 36.5. The first-order valence-corrected chi connectivity index (χ1v) is 23.4. The Morgan fingerprint density at radius 1 is 0.953 bits per heavy atom. The molecule has 64 heavy (non-hydrogen) atoms. The zero-order chi connectivity index (χ0) is 46.4. The number of aliphatic hydroxyl groups is 1. The topological polar surface area (TPSA) is 174 Å². The molecule has 0 spiro atoms. The van der Waals surface area contributed by atoms with Gasteiger partial charge >= 0.3 is 0 Å². The summed E-state index contributed by atoms with van der Waals surface area (Å²) in [5.41, 5.74) is 5.40. The maximum Gasteiger partial charge on any atom is 0.277 e. The van der Waals surface area contributed by atoms with Gasteiger partial charge in [0.05, 0.1) is 45.7 Å². The highest BCUT2D eigenvalue weighted by atomic mass is 127. The van der Waals surface area contributed by atoms with Gasteiger partial charge in [0.1, 0.15) is 17.9 Å². The van der Waals surface area contributed by atoms with Crippen LogP contribution in [0.1, 0.15) is 93.8 Å². The molecular formula is C46H57F3IN7O6S. The summed E-state index contributed by atoms with van der Waals surface area (Å²) in [6.45, 7) is 9.33. The molecule has 0 saturated carbocycles. The van der Waals surface area contributed by atoms with Gasteiger partial charge in [0.15, 0.2) is 11.6 Å². The van der Waals surface area contributed by atoms with Crippen molar-refractivity contribution < 1.29 is 42.3 Å². The lowest BCUT2D eigenvalue weighted by Crippen LogP contribution is -2.57. The standard InChI is InChI=1S/C46H57F3IN7O6S/c1-28-41(64-27-53-28)30-14-12-29(13-15-30)25-52-44(61)37-24-32(58)26-57(37)45(62)42(46(2,3)4)55-38(59)11-8-6-5-7-9-20-51-21-10-22-63-56-43(60)33-17-18-34(47)39(49)40(33)54-36-19-16-31(50)23-35(36)48/h12-19,23,27,32,37,42,51,54,58H,5-11,20-22,24-26H2,1-4H3,(H,52,61)(H,55,59)(H,56,60)/t32-,37+,42-/m1/s1. The summed E-state index contributed by atoms with van der Waals surface area (Å²) in [5.74, 6) is -5.04. The summed E-state index contributed by atoms with van der Waals surface area (Å²) in [5, 5.41) is 22.2. The molecule has 13 nitrogen and oxygen atoms in total. The van der Waals surface area contributed by atoms with Crippen LogP contribution in [-0.2, 0) is 25.8 Å². The van der Waals surface area contributed by atoms with Crippen LogP contribution in [0.2, 0.25) is 0 Å². The number of nitrogens with one attached hydrogen (secondary N) is 5. The van der Waals surface area contributed by atoms with Crippen molar-refractivity contribution >= 4 is 68.9 Å². The number of amides is 4. The molecule has 18 heteroatoms. The average Bonchev–Trinajstić information content (AvgIpc) is 3.87. The van der Waals surface area contributed by atoms with Gasteiger partial charge in [-0.1, -0.05) is 64.3 Å². The predicted octanol–water partition coefficient (Wildman–Crippen LogP) is 7.67. The Bertz CT molecular complexity index is 2220. The van der Waals surface area contributed by atoms with Gasteiger partial charge in [0.25, 0.3) is 5.91 Å². The number of aliphatic hydroxyl groups excluding tert-OH is 1. The van der Waals surface area contributed by atoms with Crippen molar-refractivity contribution in [2.45, 2.75) is 104 Å². The fraction of sp³-hybridized carbons (Fsp3) is 0.457. The van der Waals surface area contributed by atoms with Gasteiger partial charge in [-0.2, -0.15) is 0 Å². The number of aromatic nitrogens is 1. The number of aryl methyl sites for hydroxylation is 1. The molecule has 0 unspecified atom stereocenters. The van der Waals surface area contributed by atoms with Gasteiger partial charge < -0.3 is 31.3 Å². The normalized spacial score (nSPS) is 15.5. The lowest BCUT2D eigenvalue weighted by atomic mass is 9.85. The number of nitrogens with zero attached hydrogens (tertiary/aromatic N) is 2. The highest BCUT2D eigenvalue weighted by Crippen LogP contribution is 2.30. The molecule has 4 aromatic rings.